The number of benzene rings is 1. The minimum Gasteiger partial charge on any atom is -0.508 e. The summed E-state index contributed by atoms with van der Waals surface area (Å²) in [5.41, 5.74) is 2.40. The van der Waals surface area contributed by atoms with Gasteiger partial charge < -0.3 is 18.7 Å². The van der Waals surface area contributed by atoms with Crippen molar-refractivity contribution in [3.8, 4) is 11.5 Å². The summed E-state index contributed by atoms with van der Waals surface area (Å²) in [6, 6.07) is 6.82. The molecule has 5 nitrogen and oxygen atoms in total. The van der Waals surface area contributed by atoms with Crippen LogP contribution in [0.3, 0.4) is 0 Å². The minimum absolute atomic E-state index is 0.0572. The van der Waals surface area contributed by atoms with Gasteiger partial charge in [0.1, 0.15) is 28.4 Å². The van der Waals surface area contributed by atoms with Crippen LogP contribution in [0, 0.1) is 6.92 Å². The SMILES string of the molecule is CC(=CCCC1(C)Oc2c(c(=O)oc3cc(O)ccc23)C1C)Cc1cc(C)co1. The zero-order valence-corrected chi connectivity index (χ0v) is 17.2. The standard InChI is InChI=1S/C24H26O5/c1-14(10-18-11-15(2)13-27-18)6-5-9-24(4)16(3)21-22(29-24)19-8-7-17(25)12-20(19)28-23(21)26/h6-8,11-13,16,25H,5,9-10H2,1-4H3. The minimum atomic E-state index is -0.499. The lowest BCUT2D eigenvalue weighted by atomic mass is 9.84. The van der Waals surface area contributed by atoms with Crippen LogP contribution in [0.4, 0.5) is 0 Å². The van der Waals surface area contributed by atoms with Gasteiger partial charge in [0.15, 0.2) is 0 Å². The van der Waals surface area contributed by atoms with Crippen LogP contribution in [-0.4, -0.2) is 10.7 Å². The van der Waals surface area contributed by atoms with Crippen LogP contribution in [-0.2, 0) is 6.42 Å². The van der Waals surface area contributed by atoms with Gasteiger partial charge in [-0.05, 0) is 57.4 Å². The summed E-state index contributed by atoms with van der Waals surface area (Å²) in [7, 11) is 0. The van der Waals surface area contributed by atoms with Gasteiger partial charge in [-0.25, -0.2) is 4.79 Å². The molecule has 1 aliphatic heterocycles. The topological polar surface area (TPSA) is 72.8 Å². The van der Waals surface area contributed by atoms with Gasteiger partial charge in [0.2, 0.25) is 0 Å². The van der Waals surface area contributed by atoms with E-state index in [0.717, 1.165) is 30.6 Å². The van der Waals surface area contributed by atoms with E-state index in [0.29, 0.717) is 22.3 Å². The van der Waals surface area contributed by atoms with Crippen molar-refractivity contribution in [2.45, 2.75) is 58.5 Å². The number of aryl methyl sites for hydroxylation is 1. The Hall–Kier alpha value is -2.95. The maximum absolute atomic E-state index is 12.6. The molecule has 1 N–H and O–H groups in total. The van der Waals surface area contributed by atoms with Crippen molar-refractivity contribution >= 4 is 11.0 Å². The van der Waals surface area contributed by atoms with Crippen molar-refractivity contribution in [1.29, 1.82) is 0 Å². The summed E-state index contributed by atoms with van der Waals surface area (Å²) in [5, 5.41) is 10.4. The highest BCUT2D eigenvalue weighted by atomic mass is 16.5. The van der Waals surface area contributed by atoms with Gasteiger partial charge in [-0.1, -0.05) is 18.6 Å². The molecule has 0 fully saturated rings. The van der Waals surface area contributed by atoms with Crippen LogP contribution in [0.5, 0.6) is 11.5 Å². The first kappa shape index (κ1) is 19.4. The number of ether oxygens (including phenoxy) is 1. The number of phenols is 1. The maximum atomic E-state index is 12.6. The molecule has 0 saturated heterocycles. The normalized spacial score (nSPS) is 21.4. The van der Waals surface area contributed by atoms with Crippen molar-refractivity contribution in [2.75, 3.05) is 0 Å². The predicted molar refractivity (Wildman–Crippen MR) is 112 cm³/mol. The first-order chi connectivity index (χ1) is 13.8. The Morgan fingerprint density at radius 3 is 2.83 bits per heavy atom. The Morgan fingerprint density at radius 1 is 1.31 bits per heavy atom. The molecule has 5 heteroatoms. The van der Waals surface area contributed by atoms with Crippen LogP contribution in [0.2, 0.25) is 0 Å². The highest BCUT2D eigenvalue weighted by Crippen LogP contribution is 2.48. The van der Waals surface area contributed by atoms with Crippen molar-refractivity contribution < 1.29 is 18.7 Å². The Kier molecular flexibility index (Phi) is 4.77. The fraction of sp³-hybridized carbons (Fsp3) is 0.375. The van der Waals surface area contributed by atoms with Crippen molar-refractivity contribution in [3.05, 3.63) is 69.5 Å². The van der Waals surface area contributed by atoms with E-state index in [9.17, 15) is 9.90 Å². The van der Waals surface area contributed by atoms with E-state index in [1.54, 1.807) is 18.4 Å². The average Bonchev–Trinajstić information content (AvgIpc) is 3.16. The number of allylic oxidation sites excluding steroid dienone is 2. The highest BCUT2D eigenvalue weighted by molar-refractivity contribution is 5.86. The summed E-state index contributed by atoms with van der Waals surface area (Å²) < 4.78 is 17.3. The number of fused-ring (bicyclic) bond motifs is 3. The zero-order valence-electron chi connectivity index (χ0n) is 17.2. The molecule has 29 heavy (non-hydrogen) atoms. The van der Waals surface area contributed by atoms with E-state index < -0.39 is 11.2 Å². The van der Waals surface area contributed by atoms with E-state index in [1.165, 1.54) is 11.6 Å². The molecule has 152 valence electrons. The summed E-state index contributed by atoms with van der Waals surface area (Å²) >= 11 is 0. The molecule has 1 aliphatic rings. The van der Waals surface area contributed by atoms with E-state index in [-0.39, 0.29) is 11.7 Å². The van der Waals surface area contributed by atoms with Gasteiger partial charge in [0.25, 0.3) is 0 Å². The zero-order chi connectivity index (χ0) is 20.8. The molecule has 3 heterocycles. The second-order valence-electron chi connectivity index (χ2n) is 8.31. The van der Waals surface area contributed by atoms with E-state index in [4.69, 9.17) is 13.6 Å². The molecular formula is C24H26O5. The first-order valence-corrected chi connectivity index (χ1v) is 9.95. The summed E-state index contributed by atoms with van der Waals surface area (Å²) in [6.07, 6.45) is 6.38. The molecular weight excluding hydrogens is 368 g/mol. The Bertz CT molecular complexity index is 1150. The fourth-order valence-corrected chi connectivity index (χ4v) is 4.09. The third-order valence-electron chi connectivity index (χ3n) is 5.93. The lowest BCUT2D eigenvalue weighted by Gasteiger charge is -2.28. The second-order valence-corrected chi connectivity index (χ2v) is 8.31. The van der Waals surface area contributed by atoms with Gasteiger partial charge in [-0.2, -0.15) is 0 Å². The predicted octanol–water partition coefficient (Wildman–Crippen LogP) is 5.62. The van der Waals surface area contributed by atoms with Crippen molar-refractivity contribution in [1.82, 2.24) is 0 Å². The second kappa shape index (κ2) is 7.14. The molecule has 0 amide bonds. The van der Waals surface area contributed by atoms with Crippen LogP contribution in [0.1, 0.15) is 56.4 Å². The molecule has 4 rings (SSSR count). The lowest BCUT2D eigenvalue weighted by molar-refractivity contribution is 0.0862. The van der Waals surface area contributed by atoms with Gasteiger partial charge in [0.05, 0.1) is 17.2 Å². The maximum Gasteiger partial charge on any atom is 0.343 e. The molecule has 0 radical (unpaired) electrons. The molecule has 2 unspecified atom stereocenters. The molecule has 0 saturated carbocycles. The number of phenolic OH excluding ortho intramolecular Hbond substituents is 1. The Labute approximate surface area is 169 Å². The third-order valence-corrected chi connectivity index (χ3v) is 5.93. The molecule has 0 bridgehead atoms. The molecule has 2 aromatic heterocycles. The first-order valence-electron chi connectivity index (χ1n) is 9.95. The summed E-state index contributed by atoms with van der Waals surface area (Å²) in [5.74, 6) is 1.51. The monoisotopic (exact) mass is 394 g/mol. The van der Waals surface area contributed by atoms with Gasteiger partial charge in [0, 0.05) is 18.4 Å². The summed E-state index contributed by atoms with van der Waals surface area (Å²) in [6.45, 7) is 8.17. The molecule has 0 spiro atoms. The summed E-state index contributed by atoms with van der Waals surface area (Å²) in [4.78, 5) is 12.6. The van der Waals surface area contributed by atoms with Crippen LogP contribution < -0.4 is 10.4 Å². The van der Waals surface area contributed by atoms with E-state index in [2.05, 4.69) is 19.1 Å². The highest BCUT2D eigenvalue weighted by Gasteiger charge is 2.44. The molecule has 3 aromatic rings. The number of furan rings is 1. The number of hydrogen-bond donors (Lipinski definition) is 1. The third kappa shape index (κ3) is 3.57. The number of hydrogen-bond acceptors (Lipinski definition) is 5. The van der Waals surface area contributed by atoms with Gasteiger partial charge in [-0.15, -0.1) is 0 Å². The molecule has 0 aliphatic carbocycles. The molecule has 1 aromatic carbocycles. The number of aromatic hydroxyl groups is 1. The van der Waals surface area contributed by atoms with Crippen LogP contribution in [0.15, 0.2) is 55.8 Å². The fourth-order valence-electron chi connectivity index (χ4n) is 4.09. The van der Waals surface area contributed by atoms with E-state index >= 15 is 0 Å². The number of rotatable bonds is 5. The van der Waals surface area contributed by atoms with Gasteiger partial charge >= 0.3 is 5.63 Å². The molecule has 2 atom stereocenters. The quantitative estimate of drug-likeness (QED) is 0.449. The Balaban J connectivity index is 1.53. The van der Waals surface area contributed by atoms with Crippen LogP contribution >= 0.6 is 0 Å². The van der Waals surface area contributed by atoms with Gasteiger partial charge in [-0.3, -0.25) is 0 Å². The Morgan fingerprint density at radius 2 is 2.10 bits per heavy atom. The van der Waals surface area contributed by atoms with E-state index in [1.807, 2.05) is 20.8 Å². The smallest absolute Gasteiger partial charge is 0.343 e. The van der Waals surface area contributed by atoms with Crippen LogP contribution in [0.25, 0.3) is 11.0 Å². The van der Waals surface area contributed by atoms with Crippen molar-refractivity contribution in [2.24, 2.45) is 0 Å². The average molecular weight is 394 g/mol. The largest absolute Gasteiger partial charge is 0.508 e. The van der Waals surface area contributed by atoms with Crippen molar-refractivity contribution in [3.63, 3.8) is 0 Å². The lowest BCUT2D eigenvalue weighted by Crippen LogP contribution is -2.33.